The van der Waals surface area contributed by atoms with Gasteiger partial charge in [0, 0.05) is 30.9 Å². The molecule has 1 amide bonds. The molecule has 7 heteroatoms. The number of carbonyl (C=O) groups excluding carboxylic acids is 1. The number of amides is 1. The van der Waals surface area contributed by atoms with E-state index in [-0.39, 0.29) is 16.6 Å². The molecule has 0 saturated heterocycles. The maximum absolute atomic E-state index is 13.3. The molecule has 2 aromatic carbocycles. The molecule has 29 heavy (non-hydrogen) atoms. The van der Waals surface area contributed by atoms with E-state index in [9.17, 15) is 13.2 Å². The van der Waals surface area contributed by atoms with Crippen molar-refractivity contribution in [3.63, 3.8) is 0 Å². The van der Waals surface area contributed by atoms with E-state index in [4.69, 9.17) is 4.74 Å². The van der Waals surface area contributed by atoms with Crippen LogP contribution in [0.1, 0.15) is 44.0 Å². The van der Waals surface area contributed by atoms with Crippen LogP contribution in [0, 0.1) is 0 Å². The Morgan fingerprint density at radius 3 is 2.21 bits per heavy atom. The van der Waals surface area contributed by atoms with Crippen molar-refractivity contribution >= 4 is 21.6 Å². The van der Waals surface area contributed by atoms with E-state index in [1.807, 2.05) is 30.3 Å². The molecule has 6 nitrogen and oxygen atoms in total. The van der Waals surface area contributed by atoms with Gasteiger partial charge in [-0.2, -0.15) is 4.31 Å². The number of anilines is 1. The fourth-order valence-corrected chi connectivity index (χ4v) is 4.78. The maximum atomic E-state index is 13.3. The molecule has 2 rings (SSSR count). The van der Waals surface area contributed by atoms with Crippen LogP contribution in [0.2, 0.25) is 0 Å². The topological polar surface area (TPSA) is 66.9 Å². The third-order valence-electron chi connectivity index (χ3n) is 4.78. The first kappa shape index (κ1) is 22.9. The zero-order valence-electron chi connectivity index (χ0n) is 17.6. The van der Waals surface area contributed by atoms with Crippen molar-refractivity contribution in [2.75, 3.05) is 31.6 Å². The van der Waals surface area contributed by atoms with E-state index in [2.05, 4.69) is 6.92 Å². The average Bonchev–Trinajstić information content (AvgIpc) is 2.74. The normalized spacial score (nSPS) is 11.5. The Bertz CT molecular complexity index is 910. The van der Waals surface area contributed by atoms with Crippen LogP contribution in [-0.4, -0.2) is 45.4 Å². The van der Waals surface area contributed by atoms with Crippen molar-refractivity contribution in [2.45, 2.75) is 38.5 Å². The lowest BCUT2D eigenvalue weighted by molar-refractivity contribution is 0.0986. The second-order valence-electron chi connectivity index (χ2n) is 6.60. The summed E-state index contributed by atoms with van der Waals surface area (Å²) in [6, 6.07) is 14.0. The molecule has 158 valence electrons. The highest BCUT2D eigenvalue weighted by atomic mass is 32.2. The van der Waals surface area contributed by atoms with Crippen LogP contribution in [0.5, 0.6) is 5.75 Å². The molecule has 0 fully saturated rings. The van der Waals surface area contributed by atoms with Crippen LogP contribution < -0.4 is 9.64 Å². The molecule has 2 aromatic rings. The number of nitrogens with zero attached hydrogens (tertiary/aromatic N) is 2. The molecule has 0 radical (unpaired) electrons. The van der Waals surface area contributed by atoms with E-state index >= 15 is 0 Å². The van der Waals surface area contributed by atoms with Gasteiger partial charge in [-0.1, -0.05) is 45.4 Å². The van der Waals surface area contributed by atoms with Crippen LogP contribution >= 0.6 is 0 Å². The molecular formula is C22H30N2O4S. The van der Waals surface area contributed by atoms with E-state index in [1.54, 1.807) is 30.9 Å². The Balaban J connectivity index is 2.52. The Morgan fingerprint density at radius 2 is 1.66 bits per heavy atom. The average molecular weight is 419 g/mol. The number of hydrogen-bond donors (Lipinski definition) is 0. The quantitative estimate of drug-likeness (QED) is 0.581. The summed E-state index contributed by atoms with van der Waals surface area (Å²) < 4.78 is 32.8. The smallest absolute Gasteiger partial charge is 0.258 e. The van der Waals surface area contributed by atoms with Crippen LogP contribution in [0.4, 0.5) is 5.69 Å². The molecule has 0 aliphatic heterocycles. The molecular weight excluding hydrogens is 388 g/mol. The highest BCUT2D eigenvalue weighted by Crippen LogP contribution is 2.29. The molecule has 0 spiro atoms. The third kappa shape index (κ3) is 5.16. The Hall–Kier alpha value is -2.38. The summed E-state index contributed by atoms with van der Waals surface area (Å²) in [4.78, 5) is 15.0. The number of methoxy groups -OCH3 is 1. The number of sulfonamides is 1. The van der Waals surface area contributed by atoms with E-state index in [1.165, 1.54) is 17.5 Å². The van der Waals surface area contributed by atoms with Gasteiger partial charge in [0.2, 0.25) is 10.0 Å². The summed E-state index contributed by atoms with van der Waals surface area (Å²) in [5, 5.41) is 0. The lowest BCUT2D eigenvalue weighted by atomic mass is 10.1. The van der Waals surface area contributed by atoms with Gasteiger partial charge in [0.05, 0.1) is 7.11 Å². The molecule has 0 atom stereocenters. The van der Waals surface area contributed by atoms with Crippen LogP contribution in [0.3, 0.4) is 0 Å². The minimum Gasteiger partial charge on any atom is -0.495 e. The molecule has 0 aromatic heterocycles. The molecule has 0 N–H and O–H groups in total. The molecule has 0 aliphatic rings. The van der Waals surface area contributed by atoms with Gasteiger partial charge in [0.1, 0.15) is 10.6 Å². The van der Waals surface area contributed by atoms with Gasteiger partial charge in [-0.3, -0.25) is 4.79 Å². The summed E-state index contributed by atoms with van der Waals surface area (Å²) in [5.41, 5.74) is 1.10. The Morgan fingerprint density at radius 1 is 1.00 bits per heavy atom. The van der Waals surface area contributed by atoms with Gasteiger partial charge in [-0.15, -0.1) is 0 Å². The number of rotatable bonds is 10. The Kier molecular flexibility index (Phi) is 8.22. The molecule has 0 saturated carbocycles. The number of benzene rings is 2. The number of unbranched alkanes of at least 4 members (excludes halogenated alkanes) is 1. The fraction of sp³-hybridized carbons (Fsp3) is 0.409. The summed E-state index contributed by atoms with van der Waals surface area (Å²) in [7, 11) is -2.34. The maximum Gasteiger partial charge on any atom is 0.258 e. The van der Waals surface area contributed by atoms with Gasteiger partial charge >= 0.3 is 0 Å². The first-order valence-electron chi connectivity index (χ1n) is 9.95. The summed E-state index contributed by atoms with van der Waals surface area (Å²) in [5.74, 6) is -0.00318. The van der Waals surface area contributed by atoms with Gasteiger partial charge in [0.15, 0.2) is 0 Å². The monoisotopic (exact) mass is 418 g/mol. The predicted molar refractivity (Wildman–Crippen MR) is 116 cm³/mol. The minimum absolute atomic E-state index is 0.0121. The van der Waals surface area contributed by atoms with Crippen LogP contribution in [-0.2, 0) is 10.0 Å². The predicted octanol–water partition coefficient (Wildman–Crippen LogP) is 4.17. The number of para-hydroxylation sites is 1. The molecule has 0 bridgehead atoms. The summed E-state index contributed by atoms with van der Waals surface area (Å²) in [6.45, 7) is 6.87. The highest BCUT2D eigenvalue weighted by Gasteiger charge is 2.28. The highest BCUT2D eigenvalue weighted by molar-refractivity contribution is 7.89. The molecule has 0 heterocycles. The van der Waals surface area contributed by atoms with Gasteiger partial charge in [-0.05, 0) is 36.8 Å². The van der Waals surface area contributed by atoms with Crippen molar-refractivity contribution in [1.82, 2.24) is 4.31 Å². The third-order valence-corrected chi connectivity index (χ3v) is 6.85. The molecule has 0 aliphatic carbocycles. The lowest BCUT2D eigenvalue weighted by Crippen LogP contribution is -2.33. The Labute approximate surface area is 174 Å². The zero-order chi connectivity index (χ0) is 21.4. The molecule has 0 unspecified atom stereocenters. The number of carbonyl (C=O) groups is 1. The SMILES string of the molecule is CCCCN(C(=O)c1ccc(OC)c(S(=O)(=O)N(CC)CC)c1)c1ccccc1. The minimum atomic E-state index is -3.77. The van der Waals surface area contributed by atoms with Gasteiger partial charge < -0.3 is 9.64 Å². The van der Waals surface area contributed by atoms with Crippen molar-refractivity contribution in [2.24, 2.45) is 0 Å². The van der Waals surface area contributed by atoms with Crippen molar-refractivity contribution < 1.29 is 17.9 Å². The van der Waals surface area contributed by atoms with E-state index < -0.39 is 10.0 Å². The van der Waals surface area contributed by atoms with Crippen molar-refractivity contribution in [3.05, 3.63) is 54.1 Å². The fourth-order valence-electron chi connectivity index (χ4n) is 3.14. The van der Waals surface area contributed by atoms with Crippen LogP contribution in [0.25, 0.3) is 0 Å². The first-order valence-corrected chi connectivity index (χ1v) is 11.4. The summed E-state index contributed by atoms with van der Waals surface area (Å²) in [6.07, 6.45) is 1.79. The largest absolute Gasteiger partial charge is 0.495 e. The van der Waals surface area contributed by atoms with Crippen molar-refractivity contribution in [1.29, 1.82) is 0 Å². The first-order chi connectivity index (χ1) is 13.9. The number of hydrogen-bond acceptors (Lipinski definition) is 4. The standard InChI is InChI=1S/C22H30N2O4S/c1-5-8-16-24(19-12-10-9-11-13-19)22(25)18-14-15-20(28-4)21(17-18)29(26,27)23(6-2)7-3/h9-15,17H,5-8,16H2,1-4H3. The number of ether oxygens (including phenoxy) is 1. The van der Waals surface area contributed by atoms with E-state index in [0.717, 1.165) is 18.5 Å². The second kappa shape index (κ2) is 10.4. The second-order valence-corrected chi connectivity index (χ2v) is 8.51. The van der Waals surface area contributed by atoms with E-state index in [0.29, 0.717) is 25.2 Å². The lowest BCUT2D eigenvalue weighted by Gasteiger charge is -2.24. The van der Waals surface area contributed by atoms with Crippen LogP contribution in [0.15, 0.2) is 53.4 Å². The zero-order valence-corrected chi connectivity index (χ0v) is 18.4. The summed E-state index contributed by atoms with van der Waals surface area (Å²) >= 11 is 0. The van der Waals surface area contributed by atoms with Gasteiger partial charge in [0.25, 0.3) is 5.91 Å². The van der Waals surface area contributed by atoms with Gasteiger partial charge in [-0.25, -0.2) is 8.42 Å². The van der Waals surface area contributed by atoms with Crippen molar-refractivity contribution in [3.8, 4) is 5.75 Å².